The summed E-state index contributed by atoms with van der Waals surface area (Å²) in [6.45, 7) is 5.89. The van der Waals surface area contributed by atoms with Gasteiger partial charge in [-0.3, -0.25) is 0 Å². The lowest BCUT2D eigenvalue weighted by molar-refractivity contribution is -0.0114. The Bertz CT molecular complexity index is 558. The zero-order chi connectivity index (χ0) is 15.4. The van der Waals surface area contributed by atoms with Crippen molar-refractivity contribution >= 4 is 15.8 Å². The lowest BCUT2D eigenvalue weighted by Gasteiger charge is -2.23. The Kier molecular flexibility index (Phi) is 5.30. The summed E-state index contributed by atoms with van der Waals surface area (Å²) in [7, 11) is -3.45. The Morgan fingerprint density at radius 2 is 1.80 bits per heavy atom. The van der Waals surface area contributed by atoms with Crippen molar-refractivity contribution in [2.24, 2.45) is 0 Å². The van der Waals surface area contributed by atoms with E-state index in [1.165, 1.54) is 24.3 Å². The van der Waals surface area contributed by atoms with Gasteiger partial charge in [-0.15, -0.1) is 0 Å². The van der Waals surface area contributed by atoms with E-state index < -0.39 is 15.8 Å². The molecule has 0 aliphatic carbocycles. The van der Waals surface area contributed by atoms with Crippen molar-refractivity contribution in [3.63, 3.8) is 0 Å². The van der Waals surface area contributed by atoms with E-state index in [2.05, 4.69) is 0 Å². The van der Waals surface area contributed by atoms with E-state index >= 15 is 0 Å². The molecule has 0 saturated heterocycles. The predicted molar refractivity (Wildman–Crippen MR) is 75.8 cm³/mol. The molecular formula is C14H20O5S. The van der Waals surface area contributed by atoms with Gasteiger partial charge in [0.15, 0.2) is 9.84 Å². The molecule has 0 unspecified atom stereocenters. The third-order valence-electron chi connectivity index (χ3n) is 3.16. The molecule has 0 aliphatic heterocycles. The summed E-state index contributed by atoms with van der Waals surface area (Å²) in [5, 5.41) is 8.77. The fraction of sp³-hybridized carbons (Fsp3) is 0.500. The molecule has 0 amide bonds. The summed E-state index contributed by atoms with van der Waals surface area (Å²) in [4.78, 5) is 10.8. The number of rotatable bonds is 7. The molecule has 0 fully saturated rings. The zero-order valence-electron chi connectivity index (χ0n) is 11.9. The number of hydrogen-bond donors (Lipinski definition) is 1. The van der Waals surface area contributed by atoms with Crippen LogP contribution >= 0.6 is 0 Å². The van der Waals surface area contributed by atoms with E-state index in [4.69, 9.17) is 9.84 Å². The van der Waals surface area contributed by atoms with Crippen molar-refractivity contribution in [3.05, 3.63) is 29.8 Å². The number of carboxylic acids is 1. The quantitative estimate of drug-likeness (QED) is 0.836. The fourth-order valence-electron chi connectivity index (χ4n) is 1.45. The first-order valence-corrected chi connectivity index (χ1v) is 8.03. The lowest BCUT2D eigenvalue weighted by Crippen LogP contribution is -2.26. The second-order valence-electron chi connectivity index (χ2n) is 5.11. The first-order chi connectivity index (χ1) is 9.18. The number of ether oxygens (including phenoxy) is 1. The maximum atomic E-state index is 12.1. The van der Waals surface area contributed by atoms with E-state index in [0.717, 1.165) is 6.42 Å². The molecule has 0 heterocycles. The summed E-state index contributed by atoms with van der Waals surface area (Å²) >= 11 is 0. The number of carbonyl (C=O) groups is 1. The van der Waals surface area contributed by atoms with Crippen molar-refractivity contribution in [3.8, 4) is 0 Å². The van der Waals surface area contributed by atoms with Crippen molar-refractivity contribution in [1.29, 1.82) is 0 Å². The van der Waals surface area contributed by atoms with E-state index in [9.17, 15) is 13.2 Å². The van der Waals surface area contributed by atoms with Gasteiger partial charge >= 0.3 is 5.97 Å². The minimum atomic E-state index is -3.45. The van der Waals surface area contributed by atoms with Gasteiger partial charge in [0.25, 0.3) is 0 Å². The van der Waals surface area contributed by atoms with Gasteiger partial charge in [-0.1, -0.05) is 6.92 Å². The molecule has 0 atom stereocenters. The van der Waals surface area contributed by atoms with Gasteiger partial charge in [0.1, 0.15) is 0 Å². The number of hydrogen-bond acceptors (Lipinski definition) is 4. The van der Waals surface area contributed by atoms with Crippen LogP contribution in [0, 0.1) is 0 Å². The van der Waals surface area contributed by atoms with Crippen LogP contribution in [0.5, 0.6) is 0 Å². The van der Waals surface area contributed by atoms with E-state index in [1.807, 2.05) is 20.8 Å². The SMILES string of the molecule is CCC(C)(C)OCCS(=O)(=O)c1ccc(C(=O)O)cc1. The highest BCUT2D eigenvalue weighted by molar-refractivity contribution is 7.91. The van der Waals surface area contributed by atoms with Crippen LogP contribution in [-0.2, 0) is 14.6 Å². The molecular weight excluding hydrogens is 280 g/mol. The Morgan fingerprint density at radius 1 is 1.25 bits per heavy atom. The van der Waals surface area contributed by atoms with Crippen LogP contribution in [0.3, 0.4) is 0 Å². The molecule has 0 radical (unpaired) electrons. The first kappa shape index (κ1) is 16.7. The summed E-state index contributed by atoms with van der Waals surface area (Å²) in [5.74, 6) is -1.20. The molecule has 1 aromatic carbocycles. The number of carboxylic acid groups (broad SMARTS) is 1. The predicted octanol–water partition coefficient (Wildman–Crippen LogP) is 2.36. The average molecular weight is 300 g/mol. The van der Waals surface area contributed by atoms with Gasteiger partial charge < -0.3 is 9.84 Å². The minimum Gasteiger partial charge on any atom is -0.478 e. The van der Waals surface area contributed by atoms with Crippen LogP contribution in [0.1, 0.15) is 37.6 Å². The number of aromatic carboxylic acids is 1. The highest BCUT2D eigenvalue weighted by atomic mass is 32.2. The average Bonchev–Trinajstić information content (AvgIpc) is 2.38. The van der Waals surface area contributed by atoms with Crippen molar-refractivity contribution < 1.29 is 23.1 Å². The Hall–Kier alpha value is -1.40. The van der Waals surface area contributed by atoms with Crippen molar-refractivity contribution in [2.45, 2.75) is 37.7 Å². The van der Waals surface area contributed by atoms with Gasteiger partial charge in [-0.05, 0) is 44.5 Å². The Balaban J connectivity index is 2.72. The minimum absolute atomic E-state index is 0.0623. The summed E-state index contributed by atoms with van der Waals surface area (Å²) < 4.78 is 29.6. The van der Waals surface area contributed by atoms with Crippen LogP contribution in [0.2, 0.25) is 0 Å². The Morgan fingerprint density at radius 3 is 2.25 bits per heavy atom. The maximum absolute atomic E-state index is 12.1. The van der Waals surface area contributed by atoms with Crippen molar-refractivity contribution in [1.82, 2.24) is 0 Å². The molecule has 1 rings (SSSR count). The molecule has 112 valence electrons. The molecule has 0 bridgehead atoms. The van der Waals surface area contributed by atoms with Crippen LogP contribution < -0.4 is 0 Å². The summed E-state index contributed by atoms with van der Waals surface area (Å²) in [6, 6.07) is 5.19. The molecule has 0 aliphatic rings. The van der Waals surface area contributed by atoms with Crippen LogP contribution in [-0.4, -0.2) is 37.5 Å². The van der Waals surface area contributed by atoms with Crippen LogP contribution in [0.15, 0.2) is 29.2 Å². The third kappa shape index (κ3) is 4.61. The normalized spacial score (nSPS) is 12.3. The summed E-state index contributed by atoms with van der Waals surface area (Å²) in [6.07, 6.45) is 0.792. The highest BCUT2D eigenvalue weighted by Gasteiger charge is 2.19. The lowest BCUT2D eigenvalue weighted by atomic mass is 10.1. The van der Waals surface area contributed by atoms with E-state index in [1.54, 1.807) is 0 Å². The molecule has 6 heteroatoms. The van der Waals surface area contributed by atoms with Gasteiger partial charge in [0.2, 0.25) is 0 Å². The van der Waals surface area contributed by atoms with Crippen LogP contribution in [0.25, 0.3) is 0 Å². The number of sulfone groups is 1. The van der Waals surface area contributed by atoms with E-state index in [0.29, 0.717) is 0 Å². The van der Waals surface area contributed by atoms with Crippen LogP contribution in [0.4, 0.5) is 0 Å². The molecule has 0 spiro atoms. The zero-order valence-corrected chi connectivity index (χ0v) is 12.7. The molecule has 20 heavy (non-hydrogen) atoms. The van der Waals surface area contributed by atoms with Gasteiger partial charge in [-0.25, -0.2) is 13.2 Å². The topological polar surface area (TPSA) is 80.7 Å². The smallest absolute Gasteiger partial charge is 0.335 e. The first-order valence-electron chi connectivity index (χ1n) is 6.38. The highest BCUT2D eigenvalue weighted by Crippen LogP contribution is 2.16. The second kappa shape index (κ2) is 6.37. The molecule has 5 nitrogen and oxygen atoms in total. The fourth-order valence-corrected chi connectivity index (χ4v) is 2.54. The molecule has 0 aromatic heterocycles. The van der Waals surface area contributed by atoms with Gasteiger partial charge in [-0.2, -0.15) is 0 Å². The van der Waals surface area contributed by atoms with Gasteiger partial charge in [0.05, 0.1) is 28.4 Å². The molecule has 1 N–H and O–H groups in total. The van der Waals surface area contributed by atoms with Gasteiger partial charge in [0, 0.05) is 0 Å². The number of benzene rings is 1. The largest absolute Gasteiger partial charge is 0.478 e. The van der Waals surface area contributed by atoms with E-state index in [-0.39, 0.29) is 28.4 Å². The standard InChI is InChI=1S/C14H20O5S/c1-4-14(2,3)19-9-10-20(17,18)12-7-5-11(6-8-12)13(15)16/h5-8H,4,9-10H2,1-3H3,(H,15,16). The maximum Gasteiger partial charge on any atom is 0.335 e. The Labute approximate surface area is 119 Å². The molecule has 1 aromatic rings. The third-order valence-corrected chi connectivity index (χ3v) is 4.85. The van der Waals surface area contributed by atoms with Crippen molar-refractivity contribution in [2.75, 3.05) is 12.4 Å². The molecule has 0 saturated carbocycles. The second-order valence-corrected chi connectivity index (χ2v) is 7.22. The monoisotopic (exact) mass is 300 g/mol. The summed E-state index contributed by atoms with van der Waals surface area (Å²) in [5.41, 5.74) is -0.282.